The number of cyclic esters (lactones) is 2. The summed E-state index contributed by atoms with van der Waals surface area (Å²) in [6.07, 6.45) is 27.8. The van der Waals surface area contributed by atoms with Crippen LogP contribution in [-0.4, -0.2) is 144 Å². The van der Waals surface area contributed by atoms with Crippen LogP contribution in [0.2, 0.25) is 0 Å². The van der Waals surface area contributed by atoms with E-state index < -0.39 is 76.0 Å². The molecule has 0 aromatic heterocycles. The van der Waals surface area contributed by atoms with Crippen LogP contribution in [0.4, 0.5) is 0 Å². The smallest absolute Gasteiger partial charge is 0.347 e. The standard InChI is InChI=1S/C20H32O2.C16H22O6.C16H26O3.C14H26O2.C13H24O2.2C10H16O4/c1-5-19(3,4)18(21)22-20(6-2)11-14-10-15(20)17-13-8-7-12(9-13)16(14)17;1-5-16(2,3)15(19)22-12-7-6-8-10(9(7)13(17)20-4)14(18)21-11(8)12;1-4-15(2,3)14(17)19-13-11-5-10-6-12(13)9-16(18,7-10)8-11;1-6-13(4,5)12(15)16-14(11(2)3)9-7-8-10-14;1-5-12(2,3)11(14)15-13(4)9-7-6-8-10-13;2*1-4-10(2,3)9(12)14-7-5-6-13-8(7)11/h12-17H,5-11H2,1-4H3;7-12H,5-6H2,1-4H3;10-13,18H,4-9H2,1-3H3;11H,6-10H2,1-5H3;5-10H2,1-4H3;2*7H,4-6H2,1-3H3. The fraction of sp³-hybridized carbons (Fsp3) is 0.889. The van der Waals surface area contributed by atoms with Crippen LogP contribution >= 0.6 is 0 Å². The molecule has 23 nitrogen and oxygen atoms in total. The third-order valence-electron chi connectivity index (χ3n) is 32.8. The molecule has 17 atom stereocenters. The fourth-order valence-corrected chi connectivity index (χ4v) is 21.5. The van der Waals surface area contributed by atoms with E-state index in [0.29, 0.717) is 81.3 Å². The summed E-state index contributed by atoms with van der Waals surface area (Å²) in [6.45, 7) is 50.0. The lowest BCUT2D eigenvalue weighted by atomic mass is 9.53. The van der Waals surface area contributed by atoms with E-state index in [1.165, 1.54) is 64.9 Å². The number of hydrogen-bond donors (Lipinski definition) is 1. The van der Waals surface area contributed by atoms with Gasteiger partial charge in [-0.05, 0) is 330 Å². The zero-order valence-electron chi connectivity index (χ0n) is 80.0. The van der Waals surface area contributed by atoms with E-state index >= 15 is 0 Å². The van der Waals surface area contributed by atoms with Crippen molar-refractivity contribution < 1.29 is 110 Å². The van der Waals surface area contributed by atoms with Crippen LogP contribution in [0.15, 0.2) is 0 Å². The van der Waals surface area contributed by atoms with Crippen molar-refractivity contribution in [3.8, 4) is 0 Å². The molecule has 15 aliphatic rings. The molecule has 10 bridgehead atoms. The Morgan fingerprint density at radius 3 is 1.25 bits per heavy atom. The van der Waals surface area contributed by atoms with Crippen molar-refractivity contribution in [1.82, 2.24) is 0 Å². The van der Waals surface area contributed by atoms with E-state index in [4.69, 9.17) is 52.1 Å². The number of carbonyl (C=O) groups is 11. The van der Waals surface area contributed by atoms with Crippen LogP contribution in [0, 0.1) is 121 Å². The van der Waals surface area contributed by atoms with Crippen molar-refractivity contribution in [2.24, 2.45) is 121 Å². The lowest BCUT2D eigenvalue weighted by Gasteiger charge is -2.57. The molecule has 122 heavy (non-hydrogen) atoms. The van der Waals surface area contributed by atoms with Gasteiger partial charge in [-0.25, -0.2) is 9.59 Å². The monoisotopic (exact) mass is 1720 g/mol. The Bertz CT molecular complexity index is 3570. The first-order valence-electron chi connectivity index (χ1n) is 47.6. The predicted octanol–water partition coefficient (Wildman–Crippen LogP) is 19.2. The molecule has 0 aromatic carbocycles. The van der Waals surface area contributed by atoms with Crippen molar-refractivity contribution in [1.29, 1.82) is 0 Å². The number of hydrogen-bond acceptors (Lipinski definition) is 23. The van der Waals surface area contributed by atoms with E-state index in [9.17, 15) is 57.8 Å². The van der Waals surface area contributed by atoms with Crippen LogP contribution in [0.5, 0.6) is 0 Å². The highest BCUT2D eigenvalue weighted by molar-refractivity contribution is 5.87. The molecule has 12 saturated carbocycles. The molecule has 17 unspecified atom stereocenters. The number of esters is 11. The Morgan fingerprint density at radius 1 is 0.434 bits per heavy atom. The van der Waals surface area contributed by atoms with Crippen molar-refractivity contribution in [3.63, 3.8) is 0 Å². The molecular weight excluding hydrogens is 1560 g/mol. The SMILES string of the molecule is CCC(C)(C)C(=O)OC1(C(C)C)CCCC1.CCC(C)(C)C(=O)OC1(C)CCCCC1.CCC(C)(C)C(=O)OC1(CC)CC2CC1C1C3CCC(C3)C21.CCC(C)(C)C(=O)OC1C2CC3C1OC(=O)C3C2C(=O)OC.CCC(C)(C)C(=O)OC1C2CC3CC1CC(O)(C3)C2.CCC(C)(C)C(=O)OC1CCOC1=O.CCC(C)(C)C(=O)OC1CCOC1=O. The highest BCUT2D eigenvalue weighted by Crippen LogP contribution is 2.71. The van der Waals surface area contributed by atoms with Crippen LogP contribution in [0.1, 0.15) is 366 Å². The van der Waals surface area contributed by atoms with Crippen LogP contribution in [0.3, 0.4) is 0 Å². The number of carbonyl (C=O) groups excluding carboxylic acids is 11. The maximum absolute atomic E-state index is 12.7. The maximum Gasteiger partial charge on any atom is 0.347 e. The molecule has 0 amide bonds. The minimum atomic E-state index is -0.687. The fourth-order valence-electron chi connectivity index (χ4n) is 21.5. The van der Waals surface area contributed by atoms with Gasteiger partial charge < -0.3 is 57.2 Å². The number of fused-ring (bicyclic) bond motifs is 10. The van der Waals surface area contributed by atoms with Gasteiger partial charge in [-0.15, -0.1) is 0 Å². The maximum atomic E-state index is 12.7. The van der Waals surface area contributed by atoms with E-state index in [2.05, 4.69) is 34.6 Å². The second-order valence-electron chi connectivity index (χ2n) is 44.2. The molecule has 23 heteroatoms. The molecule has 3 heterocycles. The molecule has 0 aromatic rings. The summed E-state index contributed by atoms with van der Waals surface area (Å²) in [6, 6.07) is 0. The Kier molecular flexibility index (Phi) is 33.5. The quantitative estimate of drug-likeness (QED) is 0.0533. The predicted molar refractivity (Wildman–Crippen MR) is 461 cm³/mol. The van der Waals surface area contributed by atoms with Gasteiger partial charge in [0, 0.05) is 30.6 Å². The number of aliphatic hydroxyl groups is 1. The van der Waals surface area contributed by atoms with E-state index in [1.807, 2.05) is 111 Å². The van der Waals surface area contributed by atoms with Gasteiger partial charge in [-0.3, -0.25) is 43.2 Å². The molecule has 15 rings (SSSR count). The van der Waals surface area contributed by atoms with Gasteiger partial charge in [0.25, 0.3) is 0 Å². The largest absolute Gasteiger partial charge is 0.469 e. The van der Waals surface area contributed by atoms with Crippen molar-refractivity contribution in [2.75, 3.05) is 20.3 Å². The first-order chi connectivity index (χ1) is 56.7. The van der Waals surface area contributed by atoms with Crippen LogP contribution in [0.25, 0.3) is 0 Å². The van der Waals surface area contributed by atoms with Crippen molar-refractivity contribution >= 4 is 65.7 Å². The average molecular weight is 1720 g/mol. The molecule has 696 valence electrons. The number of rotatable bonds is 24. The molecule has 0 radical (unpaired) electrons. The molecule has 1 N–H and O–H groups in total. The normalized spacial score (nSPS) is 33.0. The lowest BCUT2D eigenvalue weighted by Crippen LogP contribution is -2.58. The van der Waals surface area contributed by atoms with E-state index in [0.717, 1.165) is 126 Å². The third-order valence-corrected chi connectivity index (χ3v) is 32.8. The molecule has 15 fully saturated rings. The summed E-state index contributed by atoms with van der Waals surface area (Å²) >= 11 is 0. The van der Waals surface area contributed by atoms with E-state index in [1.54, 1.807) is 27.7 Å². The van der Waals surface area contributed by atoms with Gasteiger partial charge in [0.2, 0.25) is 12.2 Å². The zero-order valence-corrected chi connectivity index (χ0v) is 80.0. The van der Waals surface area contributed by atoms with E-state index in [-0.39, 0.29) is 104 Å². The Balaban J connectivity index is 0.000000178. The van der Waals surface area contributed by atoms with Gasteiger partial charge >= 0.3 is 65.7 Å². The Labute approximate surface area is 731 Å². The van der Waals surface area contributed by atoms with Gasteiger partial charge in [0.15, 0.2) is 0 Å². The summed E-state index contributed by atoms with van der Waals surface area (Å²) in [5.41, 5.74) is -3.98. The minimum Gasteiger partial charge on any atom is -0.469 e. The Hall–Kier alpha value is -5.87. The number of ether oxygens (including phenoxy) is 11. The molecule has 3 aliphatic heterocycles. The summed E-state index contributed by atoms with van der Waals surface area (Å²) in [5, 5.41) is 10.5. The van der Waals surface area contributed by atoms with Crippen molar-refractivity contribution in [2.45, 2.75) is 419 Å². The summed E-state index contributed by atoms with van der Waals surface area (Å²) in [7, 11) is 1.31. The van der Waals surface area contributed by atoms with Gasteiger partial charge in [-0.2, -0.15) is 0 Å². The summed E-state index contributed by atoms with van der Waals surface area (Å²) in [5.74, 6) is 3.37. The first-order valence-corrected chi connectivity index (χ1v) is 47.6. The average Bonchev–Trinajstić information content (AvgIpc) is 1.54. The first kappa shape index (κ1) is 102. The summed E-state index contributed by atoms with van der Waals surface area (Å²) in [4.78, 5) is 131. The number of methoxy groups -OCH3 is 1. The second kappa shape index (κ2) is 40.2. The van der Waals surface area contributed by atoms with Crippen LogP contribution in [-0.2, 0) is 105 Å². The summed E-state index contributed by atoms with van der Waals surface area (Å²) < 4.78 is 59.2. The topological polar surface area (TPSA) is 310 Å². The molecule has 0 spiro atoms. The van der Waals surface area contributed by atoms with Crippen molar-refractivity contribution in [3.05, 3.63) is 0 Å². The molecule has 12 aliphatic carbocycles. The second-order valence-corrected chi connectivity index (χ2v) is 44.2. The highest BCUT2D eigenvalue weighted by atomic mass is 16.6. The van der Waals surface area contributed by atoms with Gasteiger partial charge in [0.05, 0.1) is 75.7 Å². The third kappa shape index (κ3) is 22.8. The highest BCUT2D eigenvalue weighted by Gasteiger charge is 2.71. The van der Waals surface area contributed by atoms with Gasteiger partial charge in [-0.1, -0.05) is 75.7 Å². The van der Waals surface area contributed by atoms with Crippen LogP contribution < -0.4 is 0 Å². The molecular formula is C99H162O23. The lowest BCUT2D eigenvalue weighted by molar-refractivity contribution is -0.204. The zero-order chi connectivity index (χ0) is 91.2. The minimum absolute atomic E-state index is 0.0226. The van der Waals surface area contributed by atoms with Gasteiger partial charge in [0.1, 0.15) is 35.1 Å². The molecule has 3 saturated heterocycles. The Morgan fingerprint density at radius 2 is 0.844 bits per heavy atom.